The van der Waals surface area contributed by atoms with Crippen LogP contribution in [-0.4, -0.2) is 48.9 Å². The van der Waals surface area contributed by atoms with Gasteiger partial charge in [0.2, 0.25) is 0 Å². The molecule has 0 saturated heterocycles. The molecule has 0 aromatic heterocycles. The average Bonchev–Trinajstić information content (AvgIpc) is 2.79. The van der Waals surface area contributed by atoms with Crippen LogP contribution in [0.5, 0.6) is 11.5 Å². The molecular formula is C27H41NO9. The highest BCUT2D eigenvalue weighted by Gasteiger charge is 2.26. The highest BCUT2D eigenvalue weighted by atomic mass is 16.7. The zero-order valence-electron chi connectivity index (χ0n) is 23.0. The minimum atomic E-state index is -1.05. The molecule has 10 heteroatoms. The molecule has 0 radical (unpaired) electrons. The lowest BCUT2D eigenvalue weighted by Crippen LogP contribution is -2.39. The standard InChI is InChI=1S/C27H41NO9/c1-8-10-23(29)36-21-13-12-19(15-22(21)37-24(30)11-9-2)14-20(28)25(31)34-17(3)18(4)35-26(32)33-16-27(5,6)7/h12-13,15,17-18,20H,8-11,14,16,28H2,1-7H3/t17-,18?,20-/m0/s1. The van der Waals surface area contributed by atoms with Crippen LogP contribution in [0, 0.1) is 5.41 Å². The summed E-state index contributed by atoms with van der Waals surface area (Å²) in [4.78, 5) is 48.4. The molecule has 0 saturated carbocycles. The van der Waals surface area contributed by atoms with Gasteiger partial charge in [-0.15, -0.1) is 0 Å². The molecule has 3 atom stereocenters. The van der Waals surface area contributed by atoms with Crippen molar-refractivity contribution in [3.05, 3.63) is 23.8 Å². The van der Waals surface area contributed by atoms with E-state index in [0.717, 1.165) is 0 Å². The minimum absolute atomic E-state index is 0.0654. The first kappa shape index (κ1) is 31.9. The number of carbonyl (C=O) groups excluding carboxylic acids is 4. The summed E-state index contributed by atoms with van der Waals surface area (Å²) in [5.74, 6) is -1.43. The van der Waals surface area contributed by atoms with Crippen LogP contribution in [0.3, 0.4) is 0 Å². The normalized spacial score (nSPS) is 13.6. The number of benzene rings is 1. The number of hydrogen-bond acceptors (Lipinski definition) is 10. The van der Waals surface area contributed by atoms with E-state index < -0.39 is 42.3 Å². The summed E-state index contributed by atoms with van der Waals surface area (Å²) in [6.45, 7) is 12.8. The van der Waals surface area contributed by atoms with Crippen molar-refractivity contribution in [2.45, 2.75) is 98.8 Å². The molecule has 1 aromatic carbocycles. The minimum Gasteiger partial charge on any atom is -0.458 e. The van der Waals surface area contributed by atoms with Crippen molar-refractivity contribution < 1.29 is 42.9 Å². The molecule has 1 aromatic rings. The molecule has 208 valence electrons. The number of hydrogen-bond donors (Lipinski definition) is 1. The van der Waals surface area contributed by atoms with Gasteiger partial charge in [0.25, 0.3) is 0 Å². The first-order valence-corrected chi connectivity index (χ1v) is 12.6. The Morgan fingerprint density at radius 1 is 0.865 bits per heavy atom. The molecule has 0 aliphatic heterocycles. The lowest BCUT2D eigenvalue weighted by Gasteiger charge is -2.23. The van der Waals surface area contributed by atoms with Gasteiger partial charge in [-0.25, -0.2) is 4.79 Å². The molecule has 0 aliphatic carbocycles. The summed E-state index contributed by atoms with van der Waals surface area (Å²) < 4.78 is 26.3. The molecule has 10 nitrogen and oxygen atoms in total. The van der Waals surface area contributed by atoms with Gasteiger partial charge >= 0.3 is 24.1 Å². The SMILES string of the molecule is CCCC(=O)Oc1ccc(C[C@H](N)C(=O)O[C@@H](C)C(C)OC(=O)OCC(C)(C)C)cc1OC(=O)CCC. The van der Waals surface area contributed by atoms with Crippen molar-refractivity contribution >= 4 is 24.1 Å². The first-order chi connectivity index (χ1) is 17.2. The van der Waals surface area contributed by atoms with Gasteiger partial charge in [0.15, 0.2) is 11.5 Å². The Kier molecular flexibility index (Phi) is 13.1. The Balaban J connectivity index is 2.81. The fraction of sp³-hybridized carbons (Fsp3) is 0.630. The number of rotatable bonds is 13. The van der Waals surface area contributed by atoms with Crippen molar-refractivity contribution in [3.63, 3.8) is 0 Å². The maximum atomic E-state index is 12.6. The smallest absolute Gasteiger partial charge is 0.458 e. The Bertz CT molecular complexity index is 923. The van der Waals surface area contributed by atoms with Crippen LogP contribution in [-0.2, 0) is 35.0 Å². The van der Waals surface area contributed by atoms with E-state index in [1.54, 1.807) is 19.9 Å². The summed E-state index contributed by atoms with van der Waals surface area (Å²) in [5.41, 5.74) is 6.41. The van der Waals surface area contributed by atoms with E-state index in [0.29, 0.717) is 18.4 Å². The second kappa shape index (κ2) is 15.2. The Hall–Kier alpha value is -3.14. The molecule has 0 amide bonds. The second-order valence-corrected chi connectivity index (χ2v) is 10.1. The molecule has 1 rings (SSSR count). The third-order valence-corrected chi connectivity index (χ3v) is 4.99. The molecule has 0 fully saturated rings. The summed E-state index contributed by atoms with van der Waals surface area (Å²) in [6.07, 6.45) is -0.698. The van der Waals surface area contributed by atoms with Gasteiger partial charge in [0.05, 0.1) is 6.61 Å². The van der Waals surface area contributed by atoms with Crippen molar-refractivity contribution in [2.75, 3.05) is 6.61 Å². The lowest BCUT2D eigenvalue weighted by molar-refractivity contribution is -0.155. The summed E-state index contributed by atoms with van der Waals surface area (Å²) in [6, 6.07) is 3.58. The first-order valence-electron chi connectivity index (χ1n) is 12.6. The number of carbonyl (C=O) groups is 4. The molecule has 0 heterocycles. The van der Waals surface area contributed by atoms with Crippen molar-refractivity contribution in [2.24, 2.45) is 11.1 Å². The van der Waals surface area contributed by atoms with Crippen molar-refractivity contribution in [3.8, 4) is 11.5 Å². The summed E-state index contributed by atoms with van der Waals surface area (Å²) in [5, 5.41) is 0. The fourth-order valence-corrected chi connectivity index (χ4v) is 2.86. The average molecular weight is 524 g/mol. The number of nitrogens with two attached hydrogens (primary N) is 1. The Morgan fingerprint density at radius 2 is 1.41 bits per heavy atom. The quantitative estimate of drug-likeness (QED) is 0.290. The molecule has 37 heavy (non-hydrogen) atoms. The van der Waals surface area contributed by atoms with Gasteiger partial charge in [-0.2, -0.15) is 0 Å². The van der Waals surface area contributed by atoms with E-state index in [9.17, 15) is 19.2 Å². The van der Waals surface area contributed by atoms with Gasteiger partial charge in [-0.1, -0.05) is 40.7 Å². The third kappa shape index (κ3) is 12.6. The van der Waals surface area contributed by atoms with E-state index in [1.807, 2.05) is 34.6 Å². The Labute approximate surface area is 219 Å². The Morgan fingerprint density at radius 3 is 1.95 bits per heavy atom. The summed E-state index contributed by atoms with van der Waals surface area (Å²) >= 11 is 0. The highest BCUT2D eigenvalue weighted by molar-refractivity contribution is 5.77. The molecule has 1 unspecified atom stereocenters. The largest absolute Gasteiger partial charge is 0.508 e. The second-order valence-electron chi connectivity index (χ2n) is 10.1. The van der Waals surface area contributed by atoms with Crippen LogP contribution in [0.25, 0.3) is 0 Å². The zero-order valence-corrected chi connectivity index (χ0v) is 23.0. The monoisotopic (exact) mass is 523 g/mol. The maximum absolute atomic E-state index is 12.6. The van der Waals surface area contributed by atoms with Crippen molar-refractivity contribution in [1.29, 1.82) is 0 Å². The molecule has 2 N–H and O–H groups in total. The van der Waals surface area contributed by atoms with E-state index in [2.05, 4.69) is 0 Å². The maximum Gasteiger partial charge on any atom is 0.508 e. The predicted octanol–water partition coefficient (Wildman–Crippen LogP) is 4.49. The summed E-state index contributed by atoms with van der Waals surface area (Å²) in [7, 11) is 0. The van der Waals surface area contributed by atoms with Crippen LogP contribution in [0.2, 0.25) is 0 Å². The van der Waals surface area contributed by atoms with E-state index >= 15 is 0 Å². The molecular weight excluding hydrogens is 482 g/mol. The van der Waals surface area contributed by atoms with E-state index in [4.69, 9.17) is 29.4 Å². The van der Waals surface area contributed by atoms with Gasteiger partial charge in [-0.05, 0) is 56.2 Å². The van der Waals surface area contributed by atoms with Gasteiger partial charge in [0, 0.05) is 12.8 Å². The van der Waals surface area contributed by atoms with Crippen LogP contribution in [0.1, 0.15) is 79.7 Å². The lowest BCUT2D eigenvalue weighted by atomic mass is 9.99. The third-order valence-electron chi connectivity index (χ3n) is 4.99. The zero-order chi connectivity index (χ0) is 28.2. The fourth-order valence-electron chi connectivity index (χ4n) is 2.86. The number of ether oxygens (including phenoxy) is 5. The number of esters is 3. The van der Waals surface area contributed by atoms with Gasteiger partial charge in [-0.3, -0.25) is 14.4 Å². The molecule has 0 spiro atoms. The predicted molar refractivity (Wildman–Crippen MR) is 136 cm³/mol. The molecule has 0 aliphatic rings. The van der Waals surface area contributed by atoms with Crippen LogP contribution in [0.15, 0.2) is 18.2 Å². The van der Waals surface area contributed by atoms with Crippen LogP contribution < -0.4 is 15.2 Å². The topological polar surface area (TPSA) is 140 Å². The van der Waals surface area contributed by atoms with E-state index in [-0.39, 0.29) is 42.8 Å². The van der Waals surface area contributed by atoms with Gasteiger partial charge < -0.3 is 29.4 Å². The van der Waals surface area contributed by atoms with Gasteiger partial charge in [0.1, 0.15) is 18.2 Å². The van der Waals surface area contributed by atoms with E-state index in [1.165, 1.54) is 12.1 Å². The molecule has 0 bridgehead atoms. The van der Waals surface area contributed by atoms with Crippen LogP contribution >= 0.6 is 0 Å². The van der Waals surface area contributed by atoms with Crippen molar-refractivity contribution in [1.82, 2.24) is 0 Å². The highest BCUT2D eigenvalue weighted by Crippen LogP contribution is 2.30. The van der Waals surface area contributed by atoms with Crippen LogP contribution in [0.4, 0.5) is 4.79 Å².